The van der Waals surface area contributed by atoms with E-state index in [4.69, 9.17) is 10.1 Å². The molecule has 3 aromatic rings. The first-order valence-electron chi connectivity index (χ1n) is 7.63. The van der Waals surface area contributed by atoms with Gasteiger partial charge < -0.3 is 15.5 Å². The highest BCUT2D eigenvalue weighted by molar-refractivity contribution is 6.31. The van der Waals surface area contributed by atoms with E-state index in [1.54, 1.807) is 12.3 Å². The van der Waals surface area contributed by atoms with Crippen LogP contribution in [0.2, 0.25) is 0 Å². The Morgan fingerprint density at radius 1 is 1.12 bits per heavy atom. The maximum absolute atomic E-state index is 11.4. The summed E-state index contributed by atoms with van der Waals surface area (Å²) in [5, 5.41) is 11.5. The van der Waals surface area contributed by atoms with Crippen LogP contribution in [0.3, 0.4) is 0 Å². The van der Waals surface area contributed by atoms with E-state index in [1.807, 2.05) is 48.7 Å². The molecule has 0 saturated carbocycles. The Morgan fingerprint density at radius 3 is 2.71 bits per heavy atom. The fourth-order valence-corrected chi connectivity index (χ4v) is 2.50. The van der Waals surface area contributed by atoms with Crippen molar-refractivity contribution in [1.29, 1.82) is 5.41 Å². The quantitative estimate of drug-likeness (QED) is 0.683. The molecular weight excluding hydrogens is 302 g/mol. The van der Waals surface area contributed by atoms with Crippen LogP contribution in [0.25, 0.3) is 10.8 Å². The van der Waals surface area contributed by atoms with E-state index >= 15 is 0 Å². The third kappa shape index (κ3) is 3.57. The molecule has 1 heterocycles. The van der Waals surface area contributed by atoms with Gasteiger partial charge in [-0.1, -0.05) is 30.3 Å². The number of nitrogens with zero attached hydrogens (tertiary/aromatic N) is 1. The van der Waals surface area contributed by atoms with E-state index in [0.29, 0.717) is 12.3 Å². The number of aromatic nitrogens is 1. The normalized spacial score (nSPS) is 10.3. The summed E-state index contributed by atoms with van der Waals surface area (Å²) in [7, 11) is 0. The number of fused-ring (bicyclic) bond motifs is 1. The van der Waals surface area contributed by atoms with Crippen LogP contribution in [0.5, 0.6) is 5.75 Å². The zero-order valence-electron chi connectivity index (χ0n) is 13.0. The second kappa shape index (κ2) is 7.37. The molecular formula is C19H17N3O2. The van der Waals surface area contributed by atoms with E-state index in [1.165, 1.54) is 0 Å². The molecule has 0 unspecified atom stereocenters. The predicted octanol–water partition coefficient (Wildman–Crippen LogP) is 3.44. The van der Waals surface area contributed by atoms with Crippen molar-refractivity contribution in [2.24, 2.45) is 0 Å². The number of carbonyl (C=O) groups is 1. The summed E-state index contributed by atoms with van der Waals surface area (Å²) < 4.78 is 5.92. The minimum atomic E-state index is -0.453. The molecule has 0 saturated heterocycles. The van der Waals surface area contributed by atoms with E-state index in [2.05, 4.69) is 10.3 Å². The molecule has 3 rings (SSSR count). The molecule has 5 heteroatoms. The van der Waals surface area contributed by atoms with Crippen molar-refractivity contribution >= 4 is 28.6 Å². The highest BCUT2D eigenvalue weighted by Gasteiger charge is 2.08. The summed E-state index contributed by atoms with van der Waals surface area (Å²) in [5.74, 6) is 0.313. The Bertz CT molecular complexity index is 863. The topological polar surface area (TPSA) is 75.1 Å². The van der Waals surface area contributed by atoms with E-state index < -0.39 is 5.91 Å². The van der Waals surface area contributed by atoms with E-state index in [9.17, 15) is 4.79 Å². The number of benzene rings is 2. The van der Waals surface area contributed by atoms with Crippen molar-refractivity contribution in [2.75, 3.05) is 11.9 Å². The predicted molar refractivity (Wildman–Crippen MR) is 94.8 cm³/mol. The molecule has 2 aromatic carbocycles. The average Bonchev–Trinajstić information content (AvgIpc) is 2.64. The number of rotatable bonds is 6. The minimum absolute atomic E-state index is 0.453. The fourth-order valence-electron chi connectivity index (χ4n) is 2.50. The van der Waals surface area contributed by atoms with Crippen LogP contribution in [0, 0.1) is 5.41 Å². The van der Waals surface area contributed by atoms with Crippen LogP contribution < -0.4 is 10.1 Å². The molecule has 0 aliphatic heterocycles. The summed E-state index contributed by atoms with van der Waals surface area (Å²) in [6.07, 6.45) is 5.11. The second-order valence-electron chi connectivity index (χ2n) is 5.25. The third-order valence-corrected chi connectivity index (χ3v) is 3.64. The average molecular weight is 319 g/mol. The lowest BCUT2D eigenvalue weighted by atomic mass is 10.1. The second-order valence-corrected chi connectivity index (χ2v) is 5.25. The zero-order valence-corrected chi connectivity index (χ0v) is 13.0. The number of hydrogen-bond acceptors (Lipinski definition) is 4. The molecule has 0 fully saturated rings. The van der Waals surface area contributed by atoms with Crippen molar-refractivity contribution in [3.8, 4) is 5.75 Å². The largest absolute Gasteiger partial charge is 0.493 e. The number of nitrogens with one attached hydrogen (secondary N) is 2. The molecule has 5 nitrogen and oxygen atoms in total. The van der Waals surface area contributed by atoms with Gasteiger partial charge in [-0.25, -0.2) is 0 Å². The first kappa shape index (κ1) is 15.7. The molecule has 0 aliphatic rings. The van der Waals surface area contributed by atoms with E-state index in [-0.39, 0.29) is 0 Å². The molecule has 120 valence electrons. The minimum Gasteiger partial charge on any atom is -0.493 e. The van der Waals surface area contributed by atoms with Crippen LogP contribution in [-0.2, 0) is 11.2 Å². The van der Waals surface area contributed by atoms with Gasteiger partial charge in [0.1, 0.15) is 5.75 Å². The molecule has 0 aliphatic carbocycles. The van der Waals surface area contributed by atoms with Gasteiger partial charge in [0.15, 0.2) is 0 Å². The van der Waals surface area contributed by atoms with Crippen molar-refractivity contribution < 1.29 is 9.53 Å². The van der Waals surface area contributed by atoms with Gasteiger partial charge >= 0.3 is 0 Å². The summed E-state index contributed by atoms with van der Waals surface area (Å²) in [5.41, 5.74) is 1.79. The summed E-state index contributed by atoms with van der Waals surface area (Å²) >= 11 is 0. The molecule has 1 aromatic heterocycles. The standard InChI is InChI=1S/C19H17N3O2/c20-12-19(23)22-17-7-8-18(16-6-2-1-5-15(16)17)24-11-9-14-4-3-10-21-13-14/h1-8,10,12-13,20H,9,11H2,(H,22,23). The molecule has 1 amide bonds. The Hall–Kier alpha value is -3.21. The van der Waals surface area contributed by atoms with Crippen LogP contribution in [-0.4, -0.2) is 23.7 Å². The first-order chi connectivity index (χ1) is 11.8. The van der Waals surface area contributed by atoms with Gasteiger partial charge in [-0.3, -0.25) is 9.78 Å². The number of pyridine rings is 1. The highest BCUT2D eigenvalue weighted by Crippen LogP contribution is 2.31. The first-order valence-corrected chi connectivity index (χ1v) is 7.63. The third-order valence-electron chi connectivity index (χ3n) is 3.64. The molecule has 0 radical (unpaired) electrons. The van der Waals surface area contributed by atoms with Crippen molar-refractivity contribution in [1.82, 2.24) is 4.98 Å². The Kier molecular flexibility index (Phi) is 4.81. The number of amides is 1. The van der Waals surface area contributed by atoms with Gasteiger partial charge in [0, 0.05) is 35.3 Å². The van der Waals surface area contributed by atoms with Gasteiger partial charge in [-0.05, 0) is 23.8 Å². The van der Waals surface area contributed by atoms with Gasteiger partial charge in [-0.15, -0.1) is 0 Å². The molecule has 0 spiro atoms. The summed E-state index contributed by atoms with van der Waals surface area (Å²) in [6.45, 7) is 0.544. The smallest absolute Gasteiger partial charge is 0.266 e. The molecule has 0 atom stereocenters. The monoisotopic (exact) mass is 319 g/mol. The maximum atomic E-state index is 11.4. The van der Waals surface area contributed by atoms with Gasteiger partial charge in [0.25, 0.3) is 5.91 Å². The van der Waals surface area contributed by atoms with Gasteiger partial charge in [-0.2, -0.15) is 0 Å². The lowest BCUT2D eigenvalue weighted by Crippen LogP contribution is -2.12. The number of anilines is 1. The zero-order chi connectivity index (χ0) is 16.8. The van der Waals surface area contributed by atoms with Crippen molar-refractivity contribution in [2.45, 2.75) is 6.42 Å². The number of ether oxygens (including phenoxy) is 1. The Balaban J connectivity index is 1.80. The Morgan fingerprint density at radius 2 is 1.96 bits per heavy atom. The molecule has 2 N–H and O–H groups in total. The summed E-state index contributed by atoms with van der Waals surface area (Å²) in [6, 6.07) is 15.3. The SMILES string of the molecule is N=CC(=O)Nc1ccc(OCCc2cccnc2)c2ccccc12. The highest BCUT2D eigenvalue weighted by atomic mass is 16.5. The van der Waals surface area contributed by atoms with Crippen LogP contribution in [0.4, 0.5) is 5.69 Å². The van der Waals surface area contributed by atoms with Crippen molar-refractivity contribution in [3.63, 3.8) is 0 Å². The van der Waals surface area contributed by atoms with Gasteiger partial charge in [0.2, 0.25) is 0 Å². The number of carbonyl (C=O) groups excluding carboxylic acids is 1. The summed E-state index contributed by atoms with van der Waals surface area (Å²) in [4.78, 5) is 15.5. The van der Waals surface area contributed by atoms with Crippen LogP contribution in [0.15, 0.2) is 60.9 Å². The molecule has 24 heavy (non-hydrogen) atoms. The lowest BCUT2D eigenvalue weighted by Gasteiger charge is -2.12. The molecule has 0 bridgehead atoms. The number of hydrogen-bond donors (Lipinski definition) is 2. The van der Waals surface area contributed by atoms with Crippen LogP contribution in [0.1, 0.15) is 5.56 Å². The van der Waals surface area contributed by atoms with Crippen molar-refractivity contribution in [3.05, 3.63) is 66.5 Å². The fraction of sp³-hybridized carbons (Fsp3) is 0.105. The van der Waals surface area contributed by atoms with Crippen LogP contribution >= 0.6 is 0 Å². The lowest BCUT2D eigenvalue weighted by molar-refractivity contribution is -0.110. The maximum Gasteiger partial charge on any atom is 0.266 e. The Labute approximate surface area is 139 Å². The van der Waals surface area contributed by atoms with Gasteiger partial charge in [0.05, 0.1) is 12.8 Å². The van der Waals surface area contributed by atoms with E-state index in [0.717, 1.165) is 34.7 Å².